The van der Waals surface area contributed by atoms with E-state index in [1.807, 2.05) is 12.1 Å². The van der Waals surface area contributed by atoms with Crippen molar-refractivity contribution in [3.05, 3.63) is 35.7 Å². The van der Waals surface area contributed by atoms with E-state index in [1.54, 1.807) is 0 Å². The molecule has 1 N–H and O–H groups in total. The van der Waals surface area contributed by atoms with Crippen molar-refractivity contribution in [1.29, 1.82) is 0 Å². The summed E-state index contributed by atoms with van der Waals surface area (Å²) in [6.45, 7) is 6.79. The maximum absolute atomic E-state index is 12.5. The monoisotopic (exact) mass is 425 g/mol. The van der Waals surface area contributed by atoms with Crippen LogP contribution in [0, 0.1) is 6.92 Å². The van der Waals surface area contributed by atoms with Crippen LogP contribution in [0.5, 0.6) is 0 Å². The van der Waals surface area contributed by atoms with E-state index in [1.165, 1.54) is 37.7 Å². The Morgan fingerprint density at radius 1 is 1.00 bits per heavy atom. The summed E-state index contributed by atoms with van der Waals surface area (Å²) in [7, 11) is 0. The first-order valence-electron chi connectivity index (χ1n) is 11.8. The second-order valence-corrected chi connectivity index (χ2v) is 9.04. The van der Waals surface area contributed by atoms with Crippen LogP contribution in [0.15, 0.2) is 28.8 Å². The number of carbonyl (C=O) groups excluding carboxylic acids is 1. The molecule has 7 heteroatoms. The summed E-state index contributed by atoms with van der Waals surface area (Å²) >= 11 is 0. The molecule has 1 saturated carbocycles. The lowest BCUT2D eigenvalue weighted by Crippen LogP contribution is -2.50. The molecule has 4 rings (SSSR count). The summed E-state index contributed by atoms with van der Waals surface area (Å²) in [6, 6.07) is 8.51. The van der Waals surface area contributed by atoms with Crippen molar-refractivity contribution in [2.75, 3.05) is 32.7 Å². The minimum absolute atomic E-state index is 0.179. The summed E-state index contributed by atoms with van der Waals surface area (Å²) < 4.78 is 5.47. The first-order chi connectivity index (χ1) is 15.2. The second-order valence-electron chi connectivity index (χ2n) is 9.04. The summed E-state index contributed by atoms with van der Waals surface area (Å²) in [5.74, 6) is 1.46. The van der Waals surface area contributed by atoms with Crippen molar-refractivity contribution in [3.8, 4) is 11.4 Å². The molecule has 0 spiro atoms. The molecule has 1 aromatic heterocycles. The molecule has 31 heavy (non-hydrogen) atoms. The van der Waals surface area contributed by atoms with Gasteiger partial charge in [-0.3, -0.25) is 14.6 Å². The predicted octanol–water partition coefficient (Wildman–Crippen LogP) is 3.39. The fraction of sp³-hybridized carbons (Fsp3) is 0.625. The quantitative estimate of drug-likeness (QED) is 0.765. The van der Waals surface area contributed by atoms with E-state index in [0.29, 0.717) is 30.8 Å². The number of rotatable bonds is 6. The van der Waals surface area contributed by atoms with Gasteiger partial charge in [0.2, 0.25) is 17.6 Å². The molecule has 0 bridgehead atoms. The third-order valence-corrected chi connectivity index (χ3v) is 6.44. The molecule has 2 aliphatic rings. The molecule has 2 fully saturated rings. The smallest absolute Gasteiger partial charge is 0.241 e. The van der Waals surface area contributed by atoms with Crippen LogP contribution in [0.4, 0.5) is 0 Å². The van der Waals surface area contributed by atoms with E-state index in [4.69, 9.17) is 4.52 Å². The van der Waals surface area contributed by atoms with Crippen molar-refractivity contribution in [2.45, 2.75) is 64.5 Å². The van der Waals surface area contributed by atoms with Crippen LogP contribution >= 0.6 is 0 Å². The summed E-state index contributed by atoms with van der Waals surface area (Å²) in [5.41, 5.74) is 2.18. The van der Waals surface area contributed by atoms with E-state index in [0.717, 1.165) is 44.6 Å². The van der Waals surface area contributed by atoms with Crippen molar-refractivity contribution in [2.24, 2.45) is 0 Å². The number of amides is 1. The van der Waals surface area contributed by atoms with Crippen LogP contribution in [0.2, 0.25) is 0 Å². The summed E-state index contributed by atoms with van der Waals surface area (Å²) in [4.78, 5) is 21.6. The number of nitrogens with zero attached hydrogens (tertiary/aromatic N) is 4. The fourth-order valence-corrected chi connectivity index (χ4v) is 4.51. The zero-order chi connectivity index (χ0) is 21.5. The highest BCUT2D eigenvalue weighted by molar-refractivity contribution is 5.78. The number of piperazine rings is 1. The highest BCUT2D eigenvalue weighted by Crippen LogP contribution is 2.18. The van der Waals surface area contributed by atoms with Gasteiger partial charge in [-0.2, -0.15) is 4.98 Å². The van der Waals surface area contributed by atoms with Crippen molar-refractivity contribution >= 4 is 5.91 Å². The molecule has 1 saturated heterocycles. The Kier molecular flexibility index (Phi) is 7.70. The van der Waals surface area contributed by atoms with E-state index >= 15 is 0 Å². The van der Waals surface area contributed by atoms with Crippen LogP contribution in [0.1, 0.15) is 56.4 Å². The largest absolute Gasteiger partial charge is 0.352 e. The molecular weight excluding hydrogens is 390 g/mol. The van der Waals surface area contributed by atoms with E-state index in [9.17, 15) is 4.79 Å². The fourth-order valence-electron chi connectivity index (χ4n) is 4.51. The van der Waals surface area contributed by atoms with Crippen LogP contribution in [0.3, 0.4) is 0 Å². The number of benzene rings is 1. The van der Waals surface area contributed by atoms with Crippen LogP contribution in [-0.4, -0.2) is 64.6 Å². The topological polar surface area (TPSA) is 74.5 Å². The van der Waals surface area contributed by atoms with Gasteiger partial charge in [0.15, 0.2) is 0 Å². The van der Waals surface area contributed by atoms with Crippen LogP contribution in [0.25, 0.3) is 11.4 Å². The van der Waals surface area contributed by atoms with Crippen LogP contribution < -0.4 is 5.32 Å². The Morgan fingerprint density at radius 2 is 1.65 bits per heavy atom. The molecule has 2 heterocycles. The van der Waals surface area contributed by atoms with Gasteiger partial charge < -0.3 is 9.84 Å². The molecule has 1 aliphatic carbocycles. The minimum atomic E-state index is 0.179. The number of carbonyl (C=O) groups is 1. The zero-order valence-electron chi connectivity index (χ0n) is 18.7. The number of aryl methyl sites for hydroxylation is 1. The molecule has 1 amide bonds. The first-order valence-corrected chi connectivity index (χ1v) is 11.8. The lowest BCUT2D eigenvalue weighted by Gasteiger charge is -2.33. The van der Waals surface area contributed by atoms with Gasteiger partial charge in [-0.15, -0.1) is 0 Å². The average Bonchev–Trinajstić information content (AvgIpc) is 3.20. The number of nitrogens with one attached hydrogen (secondary N) is 1. The SMILES string of the molecule is Cc1ccc(-c2noc(CN3CCN(CC(=O)NC4CCCCCCC4)CC3)n2)cc1. The second kappa shape index (κ2) is 10.9. The molecule has 0 radical (unpaired) electrons. The van der Waals surface area contributed by atoms with Gasteiger partial charge in [-0.05, 0) is 19.8 Å². The highest BCUT2D eigenvalue weighted by atomic mass is 16.5. The first kappa shape index (κ1) is 22.0. The minimum Gasteiger partial charge on any atom is -0.352 e. The van der Waals surface area contributed by atoms with E-state index in [-0.39, 0.29) is 5.91 Å². The Bertz CT molecular complexity index is 819. The molecule has 1 aliphatic heterocycles. The van der Waals surface area contributed by atoms with Crippen molar-refractivity contribution in [3.63, 3.8) is 0 Å². The summed E-state index contributed by atoms with van der Waals surface area (Å²) in [6.07, 6.45) is 8.71. The number of aromatic nitrogens is 2. The molecule has 2 aromatic rings. The predicted molar refractivity (Wildman–Crippen MR) is 120 cm³/mol. The van der Waals surface area contributed by atoms with Crippen molar-refractivity contribution in [1.82, 2.24) is 25.3 Å². The molecule has 168 valence electrons. The third-order valence-electron chi connectivity index (χ3n) is 6.44. The van der Waals surface area contributed by atoms with Gasteiger partial charge in [0.05, 0.1) is 13.1 Å². The normalized spacial score (nSPS) is 19.6. The Hall–Kier alpha value is -2.25. The van der Waals surface area contributed by atoms with Gasteiger partial charge >= 0.3 is 0 Å². The third kappa shape index (κ3) is 6.61. The molecule has 0 atom stereocenters. The lowest BCUT2D eigenvalue weighted by molar-refractivity contribution is -0.123. The Balaban J connectivity index is 1.19. The molecule has 1 aromatic carbocycles. The Labute approximate surface area is 185 Å². The highest BCUT2D eigenvalue weighted by Gasteiger charge is 2.22. The number of hydrogen-bond acceptors (Lipinski definition) is 6. The van der Waals surface area contributed by atoms with Crippen molar-refractivity contribution < 1.29 is 9.32 Å². The van der Waals surface area contributed by atoms with Gasteiger partial charge in [-0.1, -0.05) is 67.1 Å². The maximum atomic E-state index is 12.5. The lowest BCUT2D eigenvalue weighted by atomic mass is 9.97. The van der Waals surface area contributed by atoms with Gasteiger partial charge in [0, 0.05) is 37.8 Å². The van der Waals surface area contributed by atoms with E-state index in [2.05, 4.69) is 44.3 Å². The molecule has 7 nitrogen and oxygen atoms in total. The average molecular weight is 426 g/mol. The zero-order valence-corrected chi connectivity index (χ0v) is 18.7. The summed E-state index contributed by atoms with van der Waals surface area (Å²) in [5, 5.41) is 7.41. The van der Waals surface area contributed by atoms with E-state index < -0.39 is 0 Å². The molecular formula is C24H35N5O2. The van der Waals surface area contributed by atoms with Gasteiger partial charge in [-0.25, -0.2) is 0 Å². The Morgan fingerprint density at radius 3 is 2.35 bits per heavy atom. The van der Waals surface area contributed by atoms with Gasteiger partial charge in [0.1, 0.15) is 0 Å². The van der Waals surface area contributed by atoms with Gasteiger partial charge in [0.25, 0.3) is 0 Å². The van der Waals surface area contributed by atoms with Crippen LogP contribution in [-0.2, 0) is 11.3 Å². The molecule has 0 unspecified atom stereocenters. The number of hydrogen-bond donors (Lipinski definition) is 1. The standard InChI is InChI=1S/C24H35N5O2/c1-19-9-11-20(12-10-19)24-26-23(31-27-24)18-29-15-13-28(14-16-29)17-22(30)25-21-7-5-3-2-4-6-8-21/h9-12,21H,2-8,13-18H2,1H3,(H,25,30). The maximum Gasteiger partial charge on any atom is 0.241 e.